The maximum absolute atomic E-state index is 6.75. The summed E-state index contributed by atoms with van der Waals surface area (Å²) in [7, 11) is 0. The zero-order valence-electron chi connectivity index (χ0n) is 31.8. The monoisotopic (exact) mass is 748 g/mol. The topological polar surface area (TPSA) is 22.4 Å². The highest BCUT2D eigenvalue weighted by molar-refractivity contribution is 6.13. The zero-order chi connectivity index (χ0) is 38.4. The van der Waals surface area contributed by atoms with Gasteiger partial charge in [-0.3, -0.25) is 0 Å². The first-order chi connectivity index (χ1) is 29.3. The molecule has 0 N–H and O–H groups in total. The van der Waals surface area contributed by atoms with Crippen molar-refractivity contribution in [1.82, 2.24) is 0 Å². The van der Waals surface area contributed by atoms with Gasteiger partial charge in [-0.15, -0.1) is 0 Å². The highest BCUT2D eigenvalue weighted by atomic mass is 16.5. The van der Waals surface area contributed by atoms with E-state index in [0.717, 1.165) is 55.5 Å². The number of ether oxygens (including phenoxy) is 1. The van der Waals surface area contributed by atoms with E-state index in [-0.39, 0.29) is 0 Å². The van der Waals surface area contributed by atoms with Crippen molar-refractivity contribution in [2.24, 2.45) is 0 Å². The van der Waals surface area contributed by atoms with Gasteiger partial charge in [0, 0.05) is 27.3 Å². The Morgan fingerprint density at radius 1 is 0.322 bits per heavy atom. The van der Waals surface area contributed by atoms with Gasteiger partial charge >= 0.3 is 0 Å². The molecule has 10 aromatic carbocycles. The van der Waals surface area contributed by atoms with Crippen molar-refractivity contribution >= 4 is 43.5 Å². The van der Waals surface area contributed by atoms with Crippen LogP contribution < -0.4 is 4.74 Å². The highest BCUT2D eigenvalue weighted by Gasteiger charge is 2.50. The summed E-state index contributed by atoms with van der Waals surface area (Å²) in [4.78, 5) is 0. The van der Waals surface area contributed by atoms with Gasteiger partial charge in [-0.05, 0) is 113 Å². The number of furan rings is 1. The van der Waals surface area contributed by atoms with Crippen LogP contribution in [0.25, 0.3) is 99.1 Å². The lowest BCUT2D eigenvalue weighted by molar-refractivity contribution is 0.487. The lowest BCUT2D eigenvalue weighted by Crippen LogP contribution is -2.31. The Morgan fingerprint density at radius 2 is 0.898 bits per heavy atom. The van der Waals surface area contributed by atoms with Gasteiger partial charge in [0.25, 0.3) is 0 Å². The molecule has 272 valence electrons. The molecule has 2 aliphatic carbocycles. The van der Waals surface area contributed by atoms with Crippen LogP contribution >= 0.6 is 0 Å². The van der Waals surface area contributed by atoms with Gasteiger partial charge in [0.2, 0.25) is 0 Å². The minimum absolute atomic E-state index is 0.472. The van der Waals surface area contributed by atoms with Crippen LogP contribution in [0.2, 0.25) is 0 Å². The molecule has 0 saturated carbocycles. The van der Waals surface area contributed by atoms with Crippen molar-refractivity contribution in [2.75, 3.05) is 0 Å². The molecular weight excluding hydrogens is 717 g/mol. The average Bonchev–Trinajstić information content (AvgIpc) is 3.82. The molecule has 11 aromatic rings. The molecular formula is C57H32O2. The first-order valence-electron chi connectivity index (χ1n) is 20.4. The molecule has 2 nitrogen and oxygen atoms in total. The zero-order valence-corrected chi connectivity index (χ0v) is 31.8. The number of hydrogen-bond acceptors (Lipinski definition) is 2. The molecule has 1 unspecified atom stereocenters. The number of para-hydroxylation sites is 2. The summed E-state index contributed by atoms with van der Waals surface area (Å²) in [6, 6.07) is 71.4. The van der Waals surface area contributed by atoms with Gasteiger partial charge in [-0.25, -0.2) is 0 Å². The van der Waals surface area contributed by atoms with Crippen molar-refractivity contribution < 1.29 is 9.15 Å². The van der Waals surface area contributed by atoms with Gasteiger partial charge in [0.15, 0.2) is 0 Å². The summed E-state index contributed by atoms with van der Waals surface area (Å²) in [5.74, 6) is 1.74. The number of hydrogen-bond donors (Lipinski definition) is 0. The molecule has 2 heteroatoms. The van der Waals surface area contributed by atoms with E-state index in [1.165, 1.54) is 77.4 Å². The maximum Gasteiger partial charge on any atom is 0.143 e. The first-order valence-corrected chi connectivity index (χ1v) is 20.4. The van der Waals surface area contributed by atoms with Crippen molar-refractivity contribution in [2.45, 2.75) is 5.41 Å². The maximum atomic E-state index is 6.75. The van der Waals surface area contributed by atoms with Crippen LogP contribution in [-0.4, -0.2) is 0 Å². The molecule has 1 spiro atoms. The summed E-state index contributed by atoms with van der Waals surface area (Å²) in [5, 5.41) is 7.19. The molecule has 1 atom stereocenters. The smallest absolute Gasteiger partial charge is 0.143 e. The van der Waals surface area contributed by atoms with E-state index < -0.39 is 5.41 Å². The minimum Gasteiger partial charge on any atom is -0.456 e. The molecule has 0 saturated heterocycles. The Morgan fingerprint density at radius 3 is 1.76 bits per heavy atom. The Balaban J connectivity index is 0.982. The quantitative estimate of drug-likeness (QED) is 0.176. The van der Waals surface area contributed by atoms with Crippen LogP contribution in [0.4, 0.5) is 0 Å². The Hall–Kier alpha value is -7.68. The van der Waals surface area contributed by atoms with Crippen molar-refractivity contribution in [1.29, 1.82) is 0 Å². The van der Waals surface area contributed by atoms with Crippen LogP contribution in [0.3, 0.4) is 0 Å². The van der Waals surface area contributed by atoms with E-state index in [9.17, 15) is 0 Å². The fraction of sp³-hybridized carbons (Fsp3) is 0.0175. The fourth-order valence-corrected chi connectivity index (χ4v) is 11.1. The molecule has 1 aliphatic heterocycles. The minimum atomic E-state index is -0.472. The Labute approximate surface area is 340 Å². The Bertz CT molecular complexity index is 3650. The van der Waals surface area contributed by atoms with E-state index in [0.29, 0.717) is 0 Å². The molecule has 3 aliphatic rings. The first kappa shape index (κ1) is 31.4. The summed E-state index contributed by atoms with van der Waals surface area (Å²) in [5.41, 5.74) is 18.7. The van der Waals surface area contributed by atoms with Crippen LogP contribution in [0.5, 0.6) is 11.5 Å². The summed E-state index contributed by atoms with van der Waals surface area (Å²) >= 11 is 0. The Kier molecular flexibility index (Phi) is 5.99. The molecule has 0 amide bonds. The predicted molar refractivity (Wildman–Crippen MR) is 241 cm³/mol. The molecule has 0 bridgehead atoms. The summed E-state index contributed by atoms with van der Waals surface area (Å²) in [6.07, 6.45) is 0. The van der Waals surface area contributed by atoms with Crippen LogP contribution in [0.15, 0.2) is 199 Å². The van der Waals surface area contributed by atoms with E-state index in [2.05, 4.69) is 182 Å². The third-order valence-electron chi connectivity index (χ3n) is 13.5. The van der Waals surface area contributed by atoms with Gasteiger partial charge < -0.3 is 9.15 Å². The summed E-state index contributed by atoms with van der Waals surface area (Å²) in [6.45, 7) is 0. The van der Waals surface area contributed by atoms with E-state index >= 15 is 0 Å². The second-order valence-electron chi connectivity index (χ2n) is 16.2. The molecule has 0 fully saturated rings. The molecule has 59 heavy (non-hydrogen) atoms. The van der Waals surface area contributed by atoms with Crippen LogP contribution in [0, 0.1) is 0 Å². The van der Waals surface area contributed by atoms with Crippen molar-refractivity contribution in [3.8, 4) is 67.1 Å². The number of fused-ring (bicyclic) bond motifs is 14. The average molecular weight is 749 g/mol. The molecule has 14 rings (SSSR count). The van der Waals surface area contributed by atoms with Crippen molar-refractivity contribution in [3.63, 3.8) is 0 Å². The standard InChI is InChI=1S/C57H32O2/c1-4-21-47-38(13-1)40-27-25-35(32-50(40)57(47)48-22-5-2-14-39(48)43-17-7-11-33-12-8-23-49(57)54(33)43)36-28-30-53-55-42(36)18-10-19-44(55)46-31-34(26-29-52(46)58-53)37-16-9-20-45-41-15-3-6-24-51(41)59-56(37)45/h1-32H. The second kappa shape index (κ2) is 11.2. The van der Waals surface area contributed by atoms with E-state index in [1.807, 2.05) is 12.1 Å². The van der Waals surface area contributed by atoms with Gasteiger partial charge in [-0.2, -0.15) is 0 Å². The fourth-order valence-electron chi connectivity index (χ4n) is 11.1. The SMILES string of the molecule is c1ccc2c(c1)-c1ccc(-c3ccc4c5c(cccc35)-c3cc(-c5cccc6c5oc5ccccc56)ccc3O4)cc1C21c2ccccc2-c2cccc3cccc1c23. The largest absolute Gasteiger partial charge is 0.456 e. The van der Waals surface area contributed by atoms with Crippen molar-refractivity contribution in [3.05, 3.63) is 216 Å². The molecule has 2 heterocycles. The lowest BCUT2D eigenvalue weighted by atomic mass is 9.61. The third-order valence-corrected chi connectivity index (χ3v) is 13.5. The van der Waals surface area contributed by atoms with Gasteiger partial charge in [0.05, 0.1) is 5.41 Å². The lowest BCUT2D eigenvalue weighted by Gasteiger charge is -2.40. The second-order valence-corrected chi connectivity index (χ2v) is 16.2. The van der Waals surface area contributed by atoms with Gasteiger partial charge in [0.1, 0.15) is 22.7 Å². The number of benzene rings is 10. The number of rotatable bonds is 2. The summed E-state index contributed by atoms with van der Waals surface area (Å²) < 4.78 is 13.2. The van der Waals surface area contributed by atoms with E-state index in [4.69, 9.17) is 9.15 Å². The van der Waals surface area contributed by atoms with Gasteiger partial charge in [-0.1, -0.05) is 164 Å². The molecule has 0 radical (unpaired) electrons. The van der Waals surface area contributed by atoms with E-state index in [1.54, 1.807) is 0 Å². The van der Waals surface area contributed by atoms with Crippen LogP contribution in [-0.2, 0) is 5.41 Å². The molecule has 1 aromatic heterocycles. The highest BCUT2D eigenvalue weighted by Crippen LogP contribution is 2.62. The third kappa shape index (κ3) is 3.96. The normalized spacial score (nSPS) is 15.3. The van der Waals surface area contributed by atoms with Crippen LogP contribution in [0.1, 0.15) is 22.3 Å². The predicted octanol–water partition coefficient (Wildman–Crippen LogP) is 15.3.